The van der Waals surface area contributed by atoms with Crippen molar-refractivity contribution in [3.05, 3.63) is 0 Å². The Bertz CT molecular complexity index is 751. The van der Waals surface area contributed by atoms with Gasteiger partial charge in [-0.2, -0.15) is 10.5 Å². The SMILES string of the molecule is CCCCCCC1CC(C#CC2CCC(C#N)CC2)SC1C#CC1CCC(C#N)CC1. The Balaban J connectivity index is 1.55. The Kier molecular flexibility index (Phi) is 10.2. The van der Waals surface area contributed by atoms with Gasteiger partial charge in [0.15, 0.2) is 0 Å². The van der Waals surface area contributed by atoms with Gasteiger partial charge >= 0.3 is 0 Å². The highest BCUT2D eigenvalue weighted by molar-refractivity contribution is 8.01. The van der Waals surface area contributed by atoms with E-state index in [-0.39, 0.29) is 11.8 Å². The molecule has 0 N–H and O–H groups in total. The van der Waals surface area contributed by atoms with Crippen molar-refractivity contribution in [2.75, 3.05) is 0 Å². The molecule has 3 heteroatoms. The quantitative estimate of drug-likeness (QED) is 0.342. The molecule has 3 rings (SSSR count). The summed E-state index contributed by atoms with van der Waals surface area (Å²) in [6, 6.07) is 4.86. The van der Waals surface area contributed by atoms with Crippen LogP contribution in [0.3, 0.4) is 0 Å². The monoisotopic (exact) mass is 434 g/mol. The van der Waals surface area contributed by atoms with E-state index in [0.29, 0.717) is 28.3 Å². The second-order valence-electron chi connectivity index (χ2n) is 9.82. The molecule has 2 saturated carbocycles. The standard InChI is InChI=1S/C28H38N2S/c1-2-3-4-5-6-26-19-27(17-15-22-7-11-24(20-29)12-8-22)31-28(26)18-16-23-9-13-25(21-30)14-10-23/h22-28H,2-14,19H2,1H3. The van der Waals surface area contributed by atoms with E-state index in [4.69, 9.17) is 10.5 Å². The van der Waals surface area contributed by atoms with Gasteiger partial charge in [-0.3, -0.25) is 0 Å². The zero-order valence-corrected chi connectivity index (χ0v) is 20.1. The summed E-state index contributed by atoms with van der Waals surface area (Å²) in [5.74, 6) is 16.7. The molecule has 166 valence electrons. The molecule has 2 nitrogen and oxygen atoms in total. The van der Waals surface area contributed by atoms with Crippen molar-refractivity contribution in [2.24, 2.45) is 29.6 Å². The van der Waals surface area contributed by atoms with Gasteiger partial charge in [-0.25, -0.2) is 0 Å². The fourth-order valence-electron chi connectivity index (χ4n) is 5.23. The van der Waals surface area contributed by atoms with E-state index in [1.165, 1.54) is 38.5 Å². The maximum atomic E-state index is 9.12. The van der Waals surface area contributed by atoms with Crippen LogP contribution in [0.1, 0.15) is 96.8 Å². The number of hydrogen-bond donors (Lipinski definition) is 0. The third kappa shape index (κ3) is 7.82. The normalized spacial score (nSPS) is 35.0. The van der Waals surface area contributed by atoms with Gasteiger partial charge in [-0.15, -0.1) is 11.8 Å². The lowest BCUT2D eigenvalue weighted by molar-refractivity contribution is 0.370. The summed E-state index contributed by atoms with van der Waals surface area (Å²) in [5.41, 5.74) is 0. The first-order valence-electron chi connectivity index (χ1n) is 12.7. The van der Waals surface area contributed by atoms with Gasteiger partial charge in [-0.1, -0.05) is 56.3 Å². The van der Waals surface area contributed by atoms with Crippen molar-refractivity contribution >= 4 is 11.8 Å². The molecule has 3 unspecified atom stereocenters. The Morgan fingerprint density at radius 1 is 0.677 bits per heavy atom. The molecule has 3 fully saturated rings. The van der Waals surface area contributed by atoms with Crippen LogP contribution in [0.5, 0.6) is 0 Å². The summed E-state index contributed by atoms with van der Waals surface area (Å²) in [5, 5.41) is 19.1. The highest BCUT2D eigenvalue weighted by Crippen LogP contribution is 2.41. The molecule has 1 heterocycles. The van der Waals surface area contributed by atoms with Crippen molar-refractivity contribution in [1.82, 2.24) is 0 Å². The van der Waals surface area contributed by atoms with Crippen LogP contribution >= 0.6 is 11.8 Å². The van der Waals surface area contributed by atoms with E-state index in [1.54, 1.807) is 0 Å². The molecule has 2 aliphatic carbocycles. The van der Waals surface area contributed by atoms with Crippen LogP contribution in [0.25, 0.3) is 0 Å². The molecule has 0 spiro atoms. The Labute approximate surface area is 194 Å². The van der Waals surface area contributed by atoms with Crippen LogP contribution in [0, 0.1) is 75.9 Å². The molecule has 0 radical (unpaired) electrons. The lowest BCUT2D eigenvalue weighted by atomic mass is 9.83. The largest absolute Gasteiger partial charge is 0.198 e. The Hall–Kier alpha value is -1.55. The lowest BCUT2D eigenvalue weighted by Gasteiger charge is -2.20. The summed E-state index contributed by atoms with van der Waals surface area (Å²) in [4.78, 5) is 0. The minimum Gasteiger partial charge on any atom is -0.198 e. The van der Waals surface area contributed by atoms with Gasteiger partial charge in [0, 0.05) is 23.7 Å². The van der Waals surface area contributed by atoms with Crippen LogP contribution in [0.15, 0.2) is 0 Å². The van der Waals surface area contributed by atoms with Crippen molar-refractivity contribution in [2.45, 2.75) is 107 Å². The fourth-order valence-corrected chi connectivity index (χ4v) is 6.69. The molecule has 3 atom stereocenters. The van der Waals surface area contributed by atoms with Gasteiger partial charge in [0.05, 0.1) is 22.6 Å². The smallest absolute Gasteiger partial charge is 0.0698 e. The van der Waals surface area contributed by atoms with E-state index in [0.717, 1.165) is 51.4 Å². The van der Waals surface area contributed by atoms with Gasteiger partial charge < -0.3 is 0 Å². The van der Waals surface area contributed by atoms with E-state index in [2.05, 4.69) is 42.7 Å². The maximum Gasteiger partial charge on any atom is 0.0698 e. The van der Waals surface area contributed by atoms with Crippen molar-refractivity contribution < 1.29 is 0 Å². The van der Waals surface area contributed by atoms with Crippen molar-refractivity contribution in [1.29, 1.82) is 10.5 Å². The van der Waals surface area contributed by atoms with Crippen molar-refractivity contribution in [3.8, 4) is 35.8 Å². The predicted molar refractivity (Wildman–Crippen MR) is 130 cm³/mol. The molecule has 0 amide bonds. The molecule has 0 bridgehead atoms. The van der Waals surface area contributed by atoms with Gasteiger partial charge in [0.1, 0.15) is 0 Å². The lowest BCUT2D eigenvalue weighted by Crippen LogP contribution is -2.13. The van der Waals surface area contributed by atoms with E-state index in [1.807, 2.05) is 11.8 Å². The first-order chi connectivity index (χ1) is 15.2. The summed E-state index contributed by atoms with van der Waals surface area (Å²) in [7, 11) is 0. The molecule has 0 aromatic heterocycles. The van der Waals surface area contributed by atoms with Gasteiger partial charge in [-0.05, 0) is 70.1 Å². The summed E-state index contributed by atoms with van der Waals surface area (Å²) < 4.78 is 0. The summed E-state index contributed by atoms with van der Waals surface area (Å²) in [6.45, 7) is 2.27. The molecular formula is C28H38N2S. The number of unbranched alkanes of at least 4 members (excludes halogenated alkanes) is 3. The second-order valence-corrected chi connectivity index (χ2v) is 11.2. The number of hydrogen-bond acceptors (Lipinski definition) is 3. The topological polar surface area (TPSA) is 47.6 Å². The highest BCUT2D eigenvalue weighted by Gasteiger charge is 2.33. The molecule has 31 heavy (non-hydrogen) atoms. The maximum absolute atomic E-state index is 9.12. The minimum atomic E-state index is 0.258. The molecule has 1 saturated heterocycles. The zero-order valence-electron chi connectivity index (χ0n) is 19.2. The van der Waals surface area contributed by atoms with E-state index in [9.17, 15) is 0 Å². The summed E-state index contributed by atoms with van der Waals surface area (Å²) in [6.07, 6.45) is 16.3. The number of nitriles is 2. The van der Waals surface area contributed by atoms with Gasteiger partial charge in [0.2, 0.25) is 0 Å². The average Bonchev–Trinajstić information content (AvgIpc) is 3.21. The van der Waals surface area contributed by atoms with Crippen LogP contribution in [0.4, 0.5) is 0 Å². The second kappa shape index (κ2) is 13.1. The number of thioether (sulfide) groups is 1. The highest BCUT2D eigenvalue weighted by atomic mass is 32.2. The first-order valence-corrected chi connectivity index (χ1v) is 13.6. The predicted octanol–water partition coefficient (Wildman–Crippen LogP) is 7.11. The Morgan fingerprint density at radius 3 is 1.77 bits per heavy atom. The number of rotatable bonds is 5. The van der Waals surface area contributed by atoms with E-state index < -0.39 is 0 Å². The molecule has 0 aromatic carbocycles. The molecule has 1 aliphatic heterocycles. The van der Waals surface area contributed by atoms with Crippen LogP contribution in [-0.4, -0.2) is 10.5 Å². The van der Waals surface area contributed by atoms with E-state index >= 15 is 0 Å². The third-order valence-electron chi connectivity index (χ3n) is 7.38. The van der Waals surface area contributed by atoms with Crippen LogP contribution in [0.2, 0.25) is 0 Å². The van der Waals surface area contributed by atoms with Crippen LogP contribution < -0.4 is 0 Å². The Morgan fingerprint density at radius 2 is 1.23 bits per heavy atom. The minimum absolute atomic E-state index is 0.258. The zero-order chi connectivity index (χ0) is 21.9. The average molecular weight is 435 g/mol. The molecule has 3 aliphatic rings. The first kappa shape index (κ1) is 24.1. The summed E-state index contributed by atoms with van der Waals surface area (Å²) >= 11 is 2.02. The number of nitrogens with zero attached hydrogens (tertiary/aromatic N) is 2. The molecular weight excluding hydrogens is 396 g/mol. The van der Waals surface area contributed by atoms with Crippen LogP contribution in [-0.2, 0) is 0 Å². The van der Waals surface area contributed by atoms with Crippen molar-refractivity contribution in [3.63, 3.8) is 0 Å². The molecule has 0 aromatic rings. The fraction of sp³-hybridized carbons (Fsp3) is 0.786. The third-order valence-corrected chi connectivity index (χ3v) is 8.82. The van der Waals surface area contributed by atoms with Gasteiger partial charge in [0.25, 0.3) is 0 Å².